The highest BCUT2D eigenvalue weighted by molar-refractivity contribution is 7.89. The number of carbonyl (C=O) groups excluding carboxylic acids is 2. The second kappa shape index (κ2) is 10.0. The van der Waals surface area contributed by atoms with Gasteiger partial charge in [0.15, 0.2) is 0 Å². The van der Waals surface area contributed by atoms with Gasteiger partial charge in [0.25, 0.3) is 0 Å². The molecule has 0 bridgehead atoms. The number of nitrogens with one attached hydrogen (secondary N) is 2. The topological polar surface area (TPSA) is 105 Å². The normalized spacial score (nSPS) is 15.8. The van der Waals surface area contributed by atoms with Gasteiger partial charge in [-0.1, -0.05) is 36.4 Å². The van der Waals surface area contributed by atoms with Crippen molar-refractivity contribution in [3.8, 4) is 0 Å². The van der Waals surface area contributed by atoms with Crippen LogP contribution in [0, 0.1) is 6.92 Å². The molecule has 8 nitrogen and oxygen atoms in total. The van der Waals surface area contributed by atoms with E-state index in [0.717, 1.165) is 11.1 Å². The average Bonchev–Trinajstić information content (AvgIpc) is 2.75. The molecule has 0 aliphatic carbocycles. The first-order valence-electron chi connectivity index (χ1n) is 10.1. The molecule has 0 spiro atoms. The van der Waals surface area contributed by atoms with E-state index >= 15 is 0 Å². The fraction of sp³-hybridized carbons (Fsp3) is 0.364. The van der Waals surface area contributed by atoms with Crippen LogP contribution in [-0.2, 0) is 24.3 Å². The van der Waals surface area contributed by atoms with Crippen LogP contribution in [0.15, 0.2) is 53.4 Å². The molecule has 1 saturated heterocycles. The first-order chi connectivity index (χ1) is 14.8. The number of anilines is 1. The second-order valence-electron chi connectivity index (χ2n) is 7.41. The smallest absolute Gasteiger partial charge is 0.243 e. The number of morpholine rings is 1. The fourth-order valence-electron chi connectivity index (χ4n) is 3.40. The van der Waals surface area contributed by atoms with Crippen molar-refractivity contribution in [1.29, 1.82) is 0 Å². The van der Waals surface area contributed by atoms with E-state index in [0.29, 0.717) is 32.0 Å². The molecule has 1 unspecified atom stereocenters. The molecule has 0 aromatic heterocycles. The minimum atomic E-state index is -3.67. The van der Waals surface area contributed by atoms with Crippen molar-refractivity contribution >= 4 is 27.5 Å². The molecule has 1 aliphatic heterocycles. The largest absolute Gasteiger partial charge is 0.379 e. The Kier molecular flexibility index (Phi) is 7.42. The van der Waals surface area contributed by atoms with Gasteiger partial charge in [0.1, 0.15) is 0 Å². The Bertz CT molecular complexity index is 1030. The Balaban J connectivity index is 1.77. The maximum atomic E-state index is 12.9. The lowest BCUT2D eigenvalue weighted by molar-refractivity contribution is -0.120. The molecule has 3 rings (SSSR count). The number of nitrogens with zero attached hydrogens (tertiary/aromatic N) is 1. The summed E-state index contributed by atoms with van der Waals surface area (Å²) in [5.41, 5.74) is 1.98. The summed E-state index contributed by atoms with van der Waals surface area (Å²) in [5.74, 6) is -0.567. The minimum Gasteiger partial charge on any atom is -0.379 e. The van der Waals surface area contributed by atoms with E-state index in [1.165, 1.54) is 17.3 Å². The zero-order valence-electron chi connectivity index (χ0n) is 17.6. The molecule has 0 saturated carbocycles. The van der Waals surface area contributed by atoms with E-state index in [2.05, 4.69) is 10.6 Å². The molecule has 2 N–H and O–H groups in total. The third-order valence-corrected chi connectivity index (χ3v) is 6.95. The summed E-state index contributed by atoms with van der Waals surface area (Å²) in [5, 5.41) is 5.59. The number of sulfonamides is 1. The fourth-order valence-corrected chi connectivity index (χ4v) is 4.84. The maximum absolute atomic E-state index is 12.9. The van der Waals surface area contributed by atoms with Crippen molar-refractivity contribution in [1.82, 2.24) is 9.62 Å². The Hall–Kier alpha value is -2.75. The molecule has 0 radical (unpaired) electrons. The predicted octanol–water partition coefficient (Wildman–Crippen LogP) is 2.22. The molecule has 9 heteroatoms. The van der Waals surface area contributed by atoms with Crippen molar-refractivity contribution in [3.63, 3.8) is 0 Å². The summed E-state index contributed by atoms with van der Waals surface area (Å²) in [4.78, 5) is 24.5. The minimum absolute atomic E-state index is 0.0173. The van der Waals surface area contributed by atoms with E-state index in [4.69, 9.17) is 4.74 Å². The molecule has 2 aromatic carbocycles. The SMILES string of the molecule is CC(=O)NC(CC(=O)Nc1cc(S(=O)(=O)N2CCOCC2)ccc1C)c1ccccc1. The van der Waals surface area contributed by atoms with Crippen molar-refractivity contribution in [2.24, 2.45) is 0 Å². The van der Waals surface area contributed by atoms with Gasteiger partial charge in [-0.05, 0) is 30.2 Å². The van der Waals surface area contributed by atoms with Crippen LogP contribution in [0.25, 0.3) is 0 Å². The van der Waals surface area contributed by atoms with Crippen LogP contribution < -0.4 is 10.6 Å². The average molecular weight is 446 g/mol. The Morgan fingerprint density at radius 3 is 2.42 bits per heavy atom. The number of rotatable bonds is 7. The zero-order chi connectivity index (χ0) is 22.4. The van der Waals surface area contributed by atoms with Gasteiger partial charge < -0.3 is 15.4 Å². The molecule has 166 valence electrons. The van der Waals surface area contributed by atoms with Gasteiger partial charge in [0.05, 0.1) is 30.6 Å². The number of aryl methyl sites for hydroxylation is 1. The monoisotopic (exact) mass is 445 g/mol. The van der Waals surface area contributed by atoms with Crippen LogP contribution in [0.4, 0.5) is 5.69 Å². The third-order valence-electron chi connectivity index (χ3n) is 5.06. The lowest BCUT2D eigenvalue weighted by atomic mass is 10.0. The van der Waals surface area contributed by atoms with Crippen molar-refractivity contribution in [2.75, 3.05) is 31.6 Å². The molecule has 1 atom stereocenters. The summed E-state index contributed by atoms with van der Waals surface area (Å²) in [6.07, 6.45) is 0.0173. The van der Waals surface area contributed by atoms with Gasteiger partial charge in [0.2, 0.25) is 21.8 Å². The molecule has 31 heavy (non-hydrogen) atoms. The molecule has 2 aromatic rings. The van der Waals surface area contributed by atoms with Gasteiger partial charge in [-0.3, -0.25) is 9.59 Å². The van der Waals surface area contributed by atoms with Crippen LogP contribution >= 0.6 is 0 Å². The summed E-state index contributed by atoms with van der Waals surface area (Å²) in [6.45, 7) is 4.51. The Morgan fingerprint density at radius 2 is 1.77 bits per heavy atom. The van der Waals surface area contributed by atoms with Gasteiger partial charge in [-0.25, -0.2) is 8.42 Å². The van der Waals surface area contributed by atoms with Crippen LogP contribution in [0.5, 0.6) is 0 Å². The number of ether oxygens (including phenoxy) is 1. The Labute approximate surface area is 182 Å². The second-order valence-corrected chi connectivity index (χ2v) is 9.35. The molecule has 1 heterocycles. The van der Waals surface area contributed by atoms with Crippen LogP contribution in [0.3, 0.4) is 0 Å². The number of amides is 2. The maximum Gasteiger partial charge on any atom is 0.243 e. The highest BCUT2D eigenvalue weighted by Crippen LogP contribution is 2.25. The number of benzene rings is 2. The highest BCUT2D eigenvalue weighted by atomic mass is 32.2. The van der Waals surface area contributed by atoms with Gasteiger partial charge in [-0.15, -0.1) is 0 Å². The summed E-state index contributed by atoms with van der Waals surface area (Å²) < 4.78 is 32.5. The van der Waals surface area contributed by atoms with E-state index < -0.39 is 16.1 Å². The molecular formula is C22H27N3O5S. The lowest BCUT2D eigenvalue weighted by Gasteiger charge is -2.26. The van der Waals surface area contributed by atoms with Crippen molar-refractivity contribution in [2.45, 2.75) is 31.2 Å². The predicted molar refractivity (Wildman–Crippen MR) is 117 cm³/mol. The first kappa shape index (κ1) is 22.9. The van der Waals surface area contributed by atoms with E-state index in [-0.39, 0.29) is 23.1 Å². The molecule has 1 fully saturated rings. The zero-order valence-corrected chi connectivity index (χ0v) is 18.4. The number of carbonyl (C=O) groups is 2. The lowest BCUT2D eigenvalue weighted by Crippen LogP contribution is -2.40. The quantitative estimate of drug-likeness (QED) is 0.680. The van der Waals surface area contributed by atoms with E-state index in [9.17, 15) is 18.0 Å². The summed E-state index contributed by atoms with van der Waals surface area (Å²) >= 11 is 0. The van der Waals surface area contributed by atoms with E-state index in [1.54, 1.807) is 19.1 Å². The number of hydrogen-bond acceptors (Lipinski definition) is 5. The standard InChI is InChI=1S/C22H27N3O5S/c1-16-8-9-19(31(28,29)25-10-12-30-13-11-25)14-20(16)24-22(27)15-21(23-17(2)26)18-6-4-3-5-7-18/h3-9,14,21H,10-13,15H2,1-2H3,(H,23,26)(H,24,27). The third kappa shape index (κ3) is 5.90. The summed E-state index contributed by atoms with van der Waals surface area (Å²) in [7, 11) is -3.67. The molecule has 2 amide bonds. The van der Waals surface area contributed by atoms with Gasteiger partial charge in [-0.2, -0.15) is 4.31 Å². The van der Waals surface area contributed by atoms with Gasteiger partial charge in [0, 0.05) is 25.7 Å². The number of hydrogen-bond donors (Lipinski definition) is 2. The molecule has 1 aliphatic rings. The first-order valence-corrected chi connectivity index (χ1v) is 11.5. The highest BCUT2D eigenvalue weighted by Gasteiger charge is 2.27. The Morgan fingerprint density at radius 1 is 1.10 bits per heavy atom. The van der Waals surface area contributed by atoms with E-state index in [1.807, 2.05) is 30.3 Å². The van der Waals surface area contributed by atoms with Gasteiger partial charge >= 0.3 is 0 Å². The van der Waals surface area contributed by atoms with Crippen molar-refractivity contribution in [3.05, 3.63) is 59.7 Å². The van der Waals surface area contributed by atoms with Crippen LogP contribution in [0.1, 0.15) is 30.5 Å². The van der Waals surface area contributed by atoms with Crippen LogP contribution in [0.2, 0.25) is 0 Å². The van der Waals surface area contributed by atoms with Crippen molar-refractivity contribution < 1.29 is 22.7 Å². The van der Waals surface area contributed by atoms with Crippen LogP contribution in [-0.4, -0.2) is 50.8 Å². The molecular weight excluding hydrogens is 418 g/mol. The summed E-state index contributed by atoms with van der Waals surface area (Å²) in [6, 6.07) is 13.4.